The van der Waals surface area contributed by atoms with Crippen LogP contribution >= 0.6 is 0 Å². The van der Waals surface area contributed by atoms with Gasteiger partial charge in [-0.15, -0.1) is 0 Å². The number of nitrogens with zero attached hydrogens (tertiary/aromatic N) is 1. The highest BCUT2D eigenvalue weighted by Gasteiger charge is 2.11. The van der Waals surface area contributed by atoms with E-state index in [1.807, 2.05) is 0 Å². The summed E-state index contributed by atoms with van der Waals surface area (Å²) in [5.41, 5.74) is 0. The van der Waals surface area contributed by atoms with Crippen LogP contribution in [0.1, 0.15) is 12.8 Å². The summed E-state index contributed by atoms with van der Waals surface area (Å²) in [5, 5.41) is 6.09. The van der Waals surface area contributed by atoms with Crippen molar-refractivity contribution in [3.05, 3.63) is 4.91 Å². The Morgan fingerprint density at radius 2 is 2.56 bits per heavy atom. The van der Waals surface area contributed by atoms with Gasteiger partial charge >= 0.3 is 0 Å². The minimum Gasteiger partial charge on any atom is -0.316 e. The van der Waals surface area contributed by atoms with Gasteiger partial charge < -0.3 is 5.32 Å². The van der Waals surface area contributed by atoms with Gasteiger partial charge in [-0.05, 0) is 31.8 Å². The van der Waals surface area contributed by atoms with Crippen LogP contribution in [-0.2, 0) is 0 Å². The molecule has 3 nitrogen and oxygen atoms in total. The third-order valence-electron chi connectivity index (χ3n) is 1.73. The van der Waals surface area contributed by atoms with Crippen LogP contribution in [-0.4, -0.2) is 19.6 Å². The molecule has 0 radical (unpaired) electrons. The van der Waals surface area contributed by atoms with Gasteiger partial charge in [0, 0.05) is 0 Å². The summed E-state index contributed by atoms with van der Waals surface area (Å²) in [6.45, 7) is 2.58. The van der Waals surface area contributed by atoms with E-state index >= 15 is 0 Å². The smallest absolute Gasteiger partial charge is 0.0851 e. The van der Waals surface area contributed by atoms with Crippen molar-refractivity contribution in [3.63, 3.8) is 0 Å². The highest BCUT2D eigenvalue weighted by molar-refractivity contribution is 4.69. The van der Waals surface area contributed by atoms with Crippen LogP contribution in [0, 0.1) is 10.8 Å². The van der Waals surface area contributed by atoms with E-state index in [1.54, 1.807) is 0 Å². The highest BCUT2D eigenvalue weighted by Crippen LogP contribution is 2.09. The summed E-state index contributed by atoms with van der Waals surface area (Å²) in [6.07, 6.45) is 2.36. The Hall–Kier alpha value is -0.440. The molecule has 0 aromatic carbocycles. The van der Waals surface area contributed by atoms with Crippen LogP contribution in [0.3, 0.4) is 0 Å². The number of nitroso groups, excluding NO2 is 1. The van der Waals surface area contributed by atoms with Crippen molar-refractivity contribution in [3.8, 4) is 0 Å². The van der Waals surface area contributed by atoms with Crippen molar-refractivity contribution in [2.45, 2.75) is 12.8 Å². The molecule has 1 N–H and O–H groups in total. The standard InChI is InChI=1S/C6H12N2O/c9-8-5-6-2-1-3-7-4-6/h6-7H,1-5H2/t6-/m1/s1. The van der Waals surface area contributed by atoms with Gasteiger partial charge in [-0.3, -0.25) is 0 Å². The largest absolute Gasteiger partial charge is 0.316 e. The Bertz CT molecular complexity index is 89.1. The van der Waals surface area contributed by atoms with Gasteiger partial charge in [0.25, 0.3) is 0 Å². The highest BCUT2D eigenvalue weighted by atomic mass is 16.3. The molecule has 0 spiro atoms. The Morgan fingerprint density at radius 1 is 1.67 bits per heavy atom. The summed E-state index contributed by atoms with van der Waals surface area (Å²) in [6, 6.07) is 0. The summed E-state index contributed by atoms with van der Waals surface area (Å²) >= 11 is 0. The molecule has 1 fully saturated rings. The lowest BCUT2D eigenvalue weighted by atomic mass is 10.0. The molecule has 1 atom stereocenters. The molecule has 1 aliphatic heterocycles. The molecule has 1 aliphatic rings. The third kappa shape index (κ3) is 2.10. The predicted molar refractivity (Wildman–Crippen MR) is 36.3 cm³/mol. The number of piperidine rings is 1. The lowest BCUT2D eigenvalue weighted by Gasteiger charge is -2.19. The first-order valence-electron chi connectivity index (χ1n) is 3.43. The topological polar surface area (TPSA) is 41.5 Å². The quantitative estimate of drug-likeness (QED) is 0.557. The van der Waals surface area contributed by atoms with Crippen LogP contribution < -0.4 is 5.32 Å². The molecule has 1 saturated heterocycles. The molecule has 0 saturated carbocycles. The molecule has 0 amide bonds. The van der Waals surface area contributed by atoms with Gasteiger partial charge in [-0.1, -0.05) is 5.18 Å². The fourth-order valence-electron chi connectivity index (χ4n) is 1.19. The zero-order valence-electron chi connectivity index (χ0n) is 5.47. The van der Waals surface area contributed by atoms with E-state index in [9.17, 15) is 4.91 Å². The van der Waals surface area contributed by atoms with Gasteiger partial charge in [0.2, 0.25) is 0 Å². The molecule has 0 bridgehead atoms. The maximum Gasteiger partial charge on any atom is 0.0851 e. The monoisotopic (exact) mass is 128 g/mol. The van der Waals surface area contributed by atoms with Crippen molar-refractivity contribution in [2.24, 2.45) is 11.1 Å². The summed E-state index contributed by atoms with van der Waals surface area (Å²) in [7, 11) is 0. The molecule has 0 aliphatic carbocycles. The van der Waals surface area contributed by atoms with Gasteiger partial charge in [-0.25, -0.2) is 0 Å². The second kappa shape index (κ2) is 3.56. The Morgan fingerprint density at radius 3 is 3.11 bits per heavy atom. The normalized spacial score (nSPS) is 27.8. The first kappa shape index (κ1) is 6.68. The van der Waals surface area contributed by atoms with Crippen molar-refractivity contribution in [2.75, 3.05) is 19.6 Å². The molecule has 0 aromatic rings. The van der Waals surface area contributed by atoms with Crippen molar-refractivity contribution >= 4 is 0 Å². The number of hydrogen-bond acceptors (Lipinski definition) is 3. The van der Waals surface area contributed by atoms with Crippen LogP contribution in [0.5, 0.6) is 0 Å². The van der Waals surface area contributed by atoms with Crippen LogP contribution in [0.2, 0.25) is 0 Å². The van der Waals surface area contributed by atoms with Gasteiger partial charge in [0.15, 0.2) is 0 Å². The van der Waals surface area contributed by atoms with Crippen LogP contribution in [0.4, 0.5) is 0 Å². The predicted octanol–water partition coefficient (Wildman–Crippen LogP) is 0.752. The molecule has 52 valence electrons. The maximum atomic E-state index is 9.80. The van der Waals surface area contributed by atoms with Gasteiger partial charge in [0.1, 0.15) is 0 Å². The third-order valence-corrected chi connectivity index (χ3v) is 1.73. The van der Waals surface area contributed by atoms with Crippen molar-refractivity contribution in [1.29, 1.82) is 0 Å². The van der Waals surface area contributed by atoms with E-state index in [1.165, 1.54) is 12.8 Å². The molecular formula is C6H12N2O. The first-order valence-corrected chi connectivity index (χ1v) is 3.43. The van der Waals surface area contributed by atoms with Crippen LogP contribution in [0.15, 0.2) is 5.18 Å². The molecule has 0 unspecified atom stereocenters. The number of hydrogen-bond donors (Lipinski definition) is 1. The van der Waals surface area contributed by atoms with Gasteiger partial charge in [0.05, 0.1) is 6.54 Å². The zero-order chi connectivity index (χ0) is 6.53. The second-order valence-corrected chi connectivity index (χ2v) is 2.52. The fraction of sp³-hybridized carbons (Fsp3) is 1.00. The minimum absolute atomic E-state index is 0.493. The summed E-state index contributed by atoms with van der Waals surface area (Å²) < 4.78 is 0. The van der Waals surface area contributed by atoms with E-state index in [2.05, 4.69) is 10.5 Å². The average molecular weight is 128 g/mol. The lowest BCUT2D eigenvalue weighted by Crippen LogP contribution is -2.31. The summed E-state index contributed by atoms with van der Waals surface area (Å²) in [5.74, 6) is 0.510. The maximum absolute atomic E-state index is 9.80. The first-order chi connectivity index (χ1) is 4.43. The SMILES string of the molecule is O=NC[C@@H]1CCCNC1. The van der Waals surface area contributed by atoms with E-state index in [0.717, 1.165) is 13.1 Å². The van der Waals surface area contributed by atoms with E-state index in [4.69, 9.17) is 0 Å². The number of nitrogens with one attached hydrogen (secondary N) is 1. The minimum atomic E-state index is 0.493. The average Bonchev–Trinajstić information content (AvgIpc) is 1.91. The lowest BCUT2D eigenvalue weighted by molar-refractivity contribution is 0.385. The Kier molecular flexibility index (Phi) is 2.64. The Labute approximate surface area is 54.8 Å². The van der Waals surface area contributed by atoms with E-state index < -0.39 is 0 Å². The molecule has 0 aromatic heterocycles. The van der Waals surface area contributed by atoms with E-state index in [-0.39, 0.29) is 0 Å². The van der Waals surface area contributed by atoms with Crippen LogP contribution in [0.25, 0.3) is 0 Å². The van der Waals surface area contributed by atoms with Gasteiger partial charge in [-0.2, -0.15) is 4.91 Å². The molecule has 9 heavy (non-hydrogen) atoms. The molecule has 3 heteroatoms. The van der Waals surface area contributed by atoms with Crippen molar-refractivity contribution < 1.29 is 0 Å². The molecule has 1 rings (SSSR count). The van der Waals surface area contributed by atoms with Crippen molar-refractivity contribution in [1.82, 2.24) is 5.32 Å². The second-order valence-electron chi connectivity index (χ2n) is 2.52. The fourth-order valence-corrected chi connectivity index (χ4v) is 1.19. The van der Waals surface area contributed by atoms with E-state index in [0.29, 0.717) is 12.5 Å². The summed E-state index contributed by atoms with van der Waals surface area (Å²) in [4.78, 5) is 9.80. The number of rotatable bonds is 2. The molecule has 1 heterocycles. The Balaban J connectivity index is 2.15. The zero-order valence-corrected chi connectivity index (χ0v) is 5.47. The molecular weight excluding hydrogens is 116 g/mol.